The summed E-state index contributed by atoms with van der Waals surface area (Å²) in [7, 11) is 0. The van der Waals surface area contributed by atoms with E-state index in [9.17, 15) is 0 Å². The molecule has 2 heterocycles. The lowest BCUT2D eigenvalue weighted by molar-refractivity contribution is 0.389. The number of anilines is 1. The molecule has 2 saturated heterocycles. The molecule has 4 rings (SSSR count). The molecule has 2 unspecified atom stereocenters. The van der Waals surface area contributed by atoms with Crippen LogP contribution in [0.15, 0.2) is 48.5 Å². The number of nitrogens with zero attached hydrogens (tertiary/aromatic N) is 1. The van der Waals surface area contributed by atoms with Crippen LogP contribution in [0.2, 0.25) is 0 Å². The molecule has 2 aliphatic heterocycles. The first-order valence-electron chi connectivity index (χ1n) is 8.66. The van der Waals surface area contributed by atoms with Gasteiger partial charge in [0.15, 0.2) is 0 Å². The van der Waals surface area contributed by atoms with E-state index in [2.05, 4.69) is 30.0 Å². The summed E-state index contributed by atoms with van der Waals surface area (Å²) < 4.78 is 16.8. The number of benzene rings is 2. The molecule has 0 saturated carbocycles. The van der Waals surface area contributed by atoms with Gasteiger partial charge in [0.2, 0.25) is 0 Å². The van der Waals surface area contributed by atoms with Gasteiger partial charge in [0.1, 0.15) is 11.5 Å². The number of para-hydroxylation sites is 1. The van der Waals surface area contributed by atoms with E-state index in [0.717, 1.165) is 44.2 Å². The predicted molar refractivity (Wildman–Crippen MR) is 94.0 cm³/mol. The maximum absolute atomic E-state index is 6.05. The third-order valence-corrected chi connectivity index (χ3v) is 4.44. The summed E-state index contributed by atoms with van der Waals surface area (Å²) in [5.74, 6) is 1.80. The molecule has 2 aromatic carbocycles. The summed E-state index contributed by atoms with van der Waals surface area (Å²) in [6.07, 6.45) is 1.71. The number of hydrogen-bond acceptors (Lipinski definition) is 4. The Balaban J connectivity index is 1.46. The largest absolute Gasteiger partial charge is 0.457 e. The highest BCUT2D eigenvalue weighted by atomic mass is 16.6. The van der Waals surface area contributed by atoms with E-state index in [1.54, 1.807) is 0 Å². The average molecular weight is 325 g/mol. The van der Waals surface area contributed by atoms with Crippen molar-refractivity contribution in [3.05, 3.63) is 54.1 Å². The smallest absolute Gasteiger partial charge is 0.130 e. The molecule has 2 atom stereocenters. The Kier molecular flexibility index (Phi) is 4.41. The van der Waals surface area contributed by atoms with Crippen LogP contribution in [0.1, 0.15) is 12.5 Å². The second kappa shape index (κ2) is 6.83. The zero-order valence-corrected chi connectivity index (χ0v) is 14.0. The summed E-state index contributed by atoms with van der Waals surface area (Å²) in [6.45, 7) is 5.74. The molecule has 0 N–H and O–H groups in total. The molecule has 24 heavy (non-hydrogen) atoms. The number of aryl methyl sites for hydroxylation is 1. The van der Waals surface area contributed by atoms with Crippen molar-refractivity contribution in [2.45, 2.75) is 25.6 Å². The fourth-order valence-electron chi connectivity index (χ4n) is 2.87. The van der Waals surface area contributed by atoms with E-state index in [4.69, 9.17) is 14.2 Å². The van der Waals surface area contributed by atoms with Crippen LogP contribution in [0.3, 0.4) is 0 Å². The molecule has 2 aromatic rings. The summed E-state index contributed by atoms with van der Waals surface area (Å²) in [6, 6.07) is 16.5. The van der Waals surface area contributed by atoms with E-state index in [-0.39, 0.29) is 0 Å². The molecule has 4 heteroatoms. The fraction of sp³-hybridized carbons (Fsp3) is 0.400. The van der Waals surface area contributed by atoms with Gasteiger partial charge < -0.3 is 19.1 Å². The fourth-order valence-corrected chi connectivity index (χ4v) is 2.87. The molecular formula is C20H23NO3. The first-order valence-corrected chi connectivity index (χ1v) is 8.66. The van der Waals surface area contributed by atoms with E-state index in [1.807, 2.05) is 30.3 Å². The van der Waals surface area contributed by atoms with Gasteiger partial charge in [0.25, 0.3) is 0 Å². The second-order valence-electron chi connectivity index (χ2n) is 6.37. The predicted octanol–water partition coefficient (Wildman–Crippen LogP) is 3.65. The SMILES string of the molecule is CCc1ccccc1Oc1ccc(N(CC2CO2)CC2CO2)cc1. The Morgan fingerprint density at radius 2 is 1.58 bits per heavy atom. The van der Waals surface area contributed by atoms with Gasteiger partial charge >= 0.3 is 0 Å². The summed E-state index contributed by atoms with van der Waals surface area (Å²) in [4.78, 5) is 2.35. The highest BCUT2D eigenvalue weighted by Crippen LogP contribution is 2.29. The van der Waals surface area contributed by atoms with Crippen LogP contribution >= 0.6 is 0 Å². The van der Waals surface area contributed by atoms with Gasteiger partial charge in [-0.05, 0) is 42.3 Å². The van der Waals surface area contributed by atoms with Gasteiger partial charge in [0.05, 0.1) is 25.4 Å². The molecule has 4 nitrogen and oxygen atoms in total. The molecule has 0 bridgehead atoms. The second-order valence-corrected chi connectivity index (χ2v) is 6.37. The Morgan fingerprint density at radius 3 is 2.17 bits per heavy atom. The molecule has 126 valence electrons. The van der Waals surface area contributed by atoms with Crippen molar-refractivity contribution in [2.24, 2.45) is 0 Å². The van der Waals surface area contributed by atoms with Crippen molar-refractivity contribution < 1.29 is 14.2 Å². The topological polar surface area (TPSA) is 37.5 Å². The highest BCUT2D eigenvalue weighted by molar-refractivity contribution is 5.50. The van der Waals surface area contributed by atoms with E-state index < -0.39 is 0 Å². The standard InChI is InChI=1S/C20H23NO3/c1-2-15-5-3-4-6-20(15)24-17-9-7-16(8-10-17)21(11-18-13-22-18)12-19-14-23-19/h3-10,18-19H,2,11-14H2,1H3. The van der Waals surface area contributed by atoms with Crippen molar-refractivity contribution in [1.82, 2.24) is 0 Å². The molecule has 0 aromatic heterocycles. The van der Waals surface area contributed by atoms with Crippen molar-refractivity contribution >= 4 is 5.69 Å². The van der Waals surface area contributed by atoms with Crippen LogP contribution in [0.5, 0.6) is 11.5 Å². The lowest BCUT2D eigenvalue weighted by Crippen LogP contribution is -2.31. The normalized spacial score (nSPS) is 21.4. The van der Waals surface area contributed by atoms with Crippen molar-refractivity contribution in [2.75, 3.05) is 31.2 Å². The monoisotopic (exact) mass is 325 g/mol. The van der Waals surface area contributed by atoms with Crippen LogP contribution in [0.4, 0.5) is 5.69 Å². The summed E-state index contributed by atoms with van der Waals surface area (Å²) in [5, 5.41) is 0. The van der Waals surface area contributed by atoms with E-state index in [1.165, 1.54) is 11.3 Å². The molecule has 2 aliphatic rings. The molecule has 0 aliphatic carbocycles. The van der Waals surface area contributed by atoms with Crippen LogP contribution in [0, 0.1) is 0 Å². The lowest BCUT2D eigenvalue weighted by Gasteiger charge is -2.23. The Bertz CT molecular complexity index is 664. The van der Waals surface area contributed by atoms with Gasteiger partial charge in [-0.25, -0.2) is 0 Å². The molecule has 0 amide bonds. The first-order chi connectivity index (χ1) is 11.8. The minimum Gasteiger partial charge on any atom is -0.457 e. The zero-order valence-electron chi connectivity index (χ0n) is 14.0. The lowest BCUT2D eigenvalue weighted by atomic mass is 10.1. The Labute approximate surface area is 142 Å². The maximum Gasteiger partial charge on any atom is 0.130 e. The summed E-state index contributed by atoms with van der Waals surface area (Å²) >= 11 is 0. The van der Waals surface area contributed by atoms with Crippen LogP contribution in [0.25, 0.3) is 0 Å². The molecule has 2 fully saturated rings. The van der Waals surface area contributed by atoms with E-state index >= 15 is 0 Å². The highest BCUT2D eigenvalue weighted by Gasteiger charge is 2.30. The molecular weight excluding hydrogens is 302 g/mol. The molecule has 0 radical (unpaired) electrons. The minimum atomic E-state index is 0.371. The van der Waals surface area contributed by atoms with Gasteiger partial charge in [0, 0.05) is 18.8 Å². The summed E-state index contributed by atoms with van der Waals surface area (Å²) in [5.41, 5.74) is 2.41. The first kappa shape index (κ1) is 15.5. The number of hydrogen-bond donors (Lipinski definition) is 0. The third kappa shape index (κ3) is 3.89. The van der Waals surface area contributed by atoms with Crippen LogP contribution in [-0.2, 0) is 15.9 Å². The Hall–Kier alpha value is -2.04. The molecule has 0 spiro atoms. The average Bonchev–Trinajstić information content (AvgIpc) is 3.52. The quantitative estimate of drug-likeness (QED) is 0.694. The van der Waals surface area contributed by atoms with Gasteiger partial charge in [-0.1, -0.05) is 25.1 Å². The van der Waals surface area contributed by atoms with Crippen LogP contribution in [-0.4, -0.2) is 38.5 Å². The minimum absolute atomic E-state index is 0.371. The van der Waals surface area contributed by atoms with Gasteiger partial charge in [-0.2, -0.15) is 0 Å². The Morgan fingerprint density at radius 1 is 0.958 bits per heavy atom. The van der Waals surface area contributed by atoms with E-state index in [0.29, 0.717) is 12.2 Å². The van der Waals surface area contributed by atoms with Gasteiger partial charge in [-0.3, -0.25) is 0 Å². The van der Waals surface area contributed by atoms with Crippen molar-refractivity contribution in [3.8, 4) is 11.5 Å². The third-order valence-electron chi connectivity index (χ3n) is 4.44. The number of rotatable bonds is 8. The van der Waals surface area contributed by atoms with Crippen molar-refractivity contribution in [3.63, 3.8) is 0 Å². The zero-order chi connectivity index (χ0) is 16.4. The number of epoxide rings is 2. The van der Waals surface area contributed by atoms with Gasteiger partial charge in [-0.15, -0.1) is 0 Å². The van der Waals surface area contributed by atoms with Crippen LogP contribution < -0.4 is 9.64 Å². The maximum atomic E-state index is 6.05. The van der Waals surface area contributed by atoms with Crippen molar-refractivity contribution in [1.29, 1.82) is 0 Å². The number of ether oxygens (including phenoxy) is 3.